The second-order valence-electron chi connectivity index (χ2n) is 1.95. The fourth-order valence-corrected chi connectivity index (χ4v) is 1.67. The van der Waals surface area contributed by atoms with Crippen LogP contribution >= 0.6 is 0 Å². The third-order valence-corrected chi connectivity index (χ3v) is 2.60. The Morgan fingerprint density at radius 1 is 1.30 bits per heavy atom. The van der Waals surface area contributed by atoms with Crippen molar-refractivity contribution in [2.45, 2.75) is 5.12 Å². The zero-order valence-corrected chi connectivity index (χ0v) is 5.67. The molecule has 1 fully saturated rings. The van der Waals surface area contributed by atoms with Gasteiger partial charge in [-0.15, -0.1) is 0 Å². The van der Waals surface area contributed by atoms with Gasteiger partial charge >= 0.3 is 15.2 Å². The van der Waals surface area contributed by atoms with E-state index in [0.29, 0.717) is 0 Å². The van der Waals surface area contributed by atoms with Gasteiger partial charge in [-0.05, 0) is 6.08 Å². The van der Waals surface area contributed by atoms with Gasteiger partial charge in [0.15, 0.2) is 0 Å². The fraction of sp³-hybridized carbons (Fsp3) is 0.200. The molecule has 1 spiro atoms. The number of allylic oxidation sites excluding steroid dienone is 2. The van der Waals surface area contributed by atoms with Crippen LogP contribution in [0.3, 0.4) is 0 Å². The van der Waals surface area contributed by atoms with Crippen LogP contribution < -0.4 is 0 Å². The molecule has 2 aliphatic rings. The molecule has 1 unspecified atom stereocenters. The zero-order valence-electron chi connectivity index (χ0n) is 4.85. The predicted octanol–water partition coefficient (Wildman–Crippen LogP) is 0.100. The maximum absolute atomic E-state index is 10.6. The minimum absolute atomic E-state index is 1.28. The Balaban J connectivity index is 2.39. The standard InChI is InChI=1S/C5H4O4S/c6-10(7)5(9-10)3-1-2-4-8-5/h1-4H. The molecule has 0 aromatic rings. The predicted molar refractivity (Wildman–Crippen MR) is 32.1 cm³/mol. The summed E-state index contributed by atoms with van der Waals surface area (Å²) in [5.74, 6) is 0. The maximum atomic E-state index is 10.6. The summed E-state index contributed by atoms with van der Waals surface area (Å²) in [5.41, 5.74) is 0. The first-order valence-electron chi connectivity index (χ1n) is 2.64. The number of hydrogen-bond donors (Lipinski definition) is 0. The quantitative estimate of drug-likeness (QED) is 0.471. The van der Waals surface area contributed by atoms with Gasteiger partial charge in [-0.3, -0.25) is 0 Å². The van der Waals surface area contributed by atoms with E-state index >= 15 is 0 Å². The van der Waals surface area contributed by atoms with Crippen molar-refractivity contribution >= 4 is 10.1 Å². The smallest absolute Gasteiger partial charge is 0.375 e. The molecule has 5 heteroatoms. The zero-order chi connectivity index (χ0) is 7.24. The van der Waals surface area contributed by atoms with Crippen molar-refractivity contribution in [1.82, 2.24) is 0 Å². The van der Waals surface area contributed by atoms with Gasteiger partial charge in [-0.1, -0.05) is 6.08 Å². The van der Waals surface area contributed by atoms with Crippen molar-refractivity contribution in [3.63, 3.8) is 0 Å². The molecule has 1 saturated heterocycles. The molecule has 0 N–H and O–H groups in total. The van der Waals surface area contributed by atoms with Crippen LogP contribution in [0.4, 0.5) is 0 Å². The largest absolute Gasteiger partial charge is 0.451 e. The monoisotopic (exact) mass is 160 g/mol. The summed E-state index contributed by atoms with van der Waals surface area (Å²) >= 11 is 0. The van der Waals surface area contributed by atoms with Gasteiger partial charge in [0, 0.05) is 6.08 Å². The molecule has 4 nitrogen and oxygen atoms in total. The molecule has 0 saturated carbocycles. The van der Waals surface area contributed by atoms with Gasteiger partial charge in [0.25, 0.3) is 0 Å². The molecule has 2 heterocycles. The summed E-state index contributed by atoms with van der Waals surface area (Å²) in [6.07, 6.45) is 5.78. The highest BCUT2D eigenvalue weighted by atomic mass is 32.2. The van der Waals surface area contributed by atoms with Gasteiger partial charge in [0.05, 0.1) is 6.26 Å². The van der Waals surface area contributed by atoms with E-state index in [1.165, 1.54) is 12.3 Å². The Morgan fingerprint density at radius 2 is 2.00 bits per heavy atom. The summed E-state index contributed by atoms with van der Waals surface area (Å²) in [4.78, 5) is 0. The average molecular weight is 160 g/mol. The van der Waals surface area contributed by atoms with Crippen LogP contribution in [-0.4, -0.2) is 13.5 Å². The Labute approximate surface area is 57.9 Å². The van der Waals surface area contributed by atoms with Crippen LogP contribution in [0, 0.1) is 0 Å². The summed E-state index contributed by atoms with van der Waals surface area (Å²) in [6, 6.07) is 0. The molecular weight excluding hydrogens is 156 g/mol. The number of rotatable bonds is 0. The Morgan fingerprint density at radius 3 is 2.30 bits per heavy atom. The van der Waals surface area contributed by atoms with Crippen molar-refractivity contribution in [1.29, 1.82) is 0 Å². The highest BCUT2D eigenvalue weighted by Crippen LogP contribution is 2.42. The summed E-state index contributed by atoms with van der Waals surface area (Å²) in [7, 11) is -3.44. The van der Waals surface area contributed by atoms with E-state index in [-0.39, 0.29) is 0 Å². The van der Waals surface area contributed by atoms with E-state index in [1.54, 1.807) is 12.2 Å². The van der Waals surface area contributed by atoms with Crippen LogP contribution in [0.5, 0.6) is 0 Å². The van der Waals surface area contributed by atoms with Gasteiger partial charge in [0.2, 0.25) is 0 Å². The molecule has 2 aliphatic heterocycles. The summed E-state index contributed by atoms with van der Waals surface area (Å²) in [6.45, 7) is 0. The second-order valence-corrected chi connectivity index (χ2v) is 3.59. The minimum atomic E-state index is -3.44. The average Bonchev–Trinajstić information content (AvgIpc) is 2.36. The molecule has 2 rings (SSSR count). The molecule has 0 aromatic carbocycles. The lowest BCUT2D eigenvalue weighted by Crippen LogP contribution is -2.12. The number of ether oxygens (including phenoxy) is 1. The Bertz CT molecular complexity index is 313. The summed E-state index contributed by atoms with van der Waals surface area (Å²) in [5, 5.41) is -1.47. The lowest BCUT2D eigenvalue weighted by molar-refractivity contribution is 0.0595. The highest BCUT2D eigenvalue weighted by molar-refractivity contribution is 7.93. The molecule has 54 valence electrons. The van der Waals surface area contributed by atoms with Crippen LogP contribution in [-0.2, 0) is 19.0 Å². The van der Waals surface area contributed by atoms with E-state index in [2.05, 4.69) is 4.18 Å². The molecule has 10 heavy (non-hydrogen) atoms. The van der Waals surface area contributed by atoms with Crippen molar-refractivity contribution in [2.75, 3.05) is 0 Å². The van der Waals surface area contributed by atoms with Gasteiger partial charge in [-0.25, -0.2) is 0 Å². The van der Waals surface area contributed by atoms with E-state index in [9.17, 15) is 8.42 Å². The van der Waals surface area contributed by atoms with E-state index in [1.807, 2.05) is 0 Å². The van der Waals surface area contributed by atoms with Crippen molar-refractivity contribution in [2.24, 2.45) is 0 Å². The van der Waals surface area contributed by atoms with Crippen molar-refractivity contribution < 1.29 is 17.3 Å². The lowest BCUT2D eigenvalue weighted by atomic mass is 10.4. The van der Waals surface area contributed by atoms with Crippen molar-refractivity contribution in [3.8, 4) is 0 Å². The first kappa shape index (κ1) is 5.94. The normalized spacial score (nSPS) is 39.6. The van der Waals surface area contributed by atoms with E-state index in [4.69, 9.17) is 4.74 Å². The number of hydrogen-bond acceptors (Lipinski definition) is 4. The van der Waals surface area contributed by atoms with Crippen LogP contribution in [0.25, 0.3) is 0 Å². The van der Waals surface area contributed by atoms with E-state index in [0.717, 1.165) is 0 Å². The molecule has 0 amide bonds. The van der Waals surface area contributed by atoms with Crippen LogP contribution in [0.15, 0.2) is 24.5 Å². The molecule has 1 atom stereocenters. The second kappa shape index (κ2) is 1.43. The molecule has 0 radical (unpaired) electrons. The first-order chi connectivity index (χ1) is 4.66. The first-order valence-corrected chi connectivity index (χ1v) is 4.04. The maximum Gasteiger partial charge on any atom is 0.375 e. The van der Waals surface area contributed by atoms with Gasteiger partial charge in [-0.2, -0.15) is 12.6 Å². The minimum Gasteiger partial charge on any atom is -0.451 e. The molecule has 0 bridgehead atoms. The fourth-order valence-electron chi connectivity index (χ4n) is 0.718. The van der Waals surface area contributed by atoms with Gasteiger partial charge in [0.1, 0.15) is 0 Å². The highest BCUT2D eigenvalue weighted by Gasteiger charge is 2.66. The Hall–Kier alpha value is -0.810. The van der Waals surface area contributed by atoms with Gasteiger partial charge < -0.3 is 4.74 Å². The molecule has 0 aromatic heterocycles. The Kier molecular flexibility index (Phi) is 0.851. The molecular formula is C5H4O4S. The van der Waals surface area contributed by atoms with Crippen LogP contribution in [0.1, 0.15) is 0 Å². The van der Waals surface area contributed by atoms with Crippen molar-refractivity contribution in [3.05, 3.63) is 24.5 Å². The van der Waals surface area contributed by atoms with Crippen LogP contribution in [0.2, 0.25) is 0 Å². The topological polar surface area (TPSA) is 55.9 Å². The third kappa shape index (κ3) is 0.559. The molecule has 0 aliphatic carbocycles. The lowest BCUT2D eigenvalue weighted by Gasteiger charge is -2.03. The third-order valence-electron chi connectivity index (χ3n) is 1.27. The SMILES string of the molecule is O=S1(=O)OC12C=CC=CO2. The van der Waals surface area contributed by atoms with E-state index < -0.39 is 15.2 Å². The summed E-state index contributed by atoms with van der Waals surface area (Å²) < 4.78 is 30.3.